The molecule has 58 valence electrons. The van der Waals surface area contributed by atoms with Crippen LogP contribution < -0.4 is 0 Å². The van der Waals surface area contributed by atoms with Crippen LogP contribution in [0.5, 0.6) is 0 Å². The van der Waals surface area contributed by atoms with Gasteiger partial charge in [-0.2, -0.15) is 0 Å². The zero-order valence-corrected chi connectivity index (χ0v) is 7.14. The van der Waals surface area contributed by atoms with Crippen molar-refractivity contribution < 1.29 is 4.84 Å². The highest BCUT2D eigenvalue weighted by Gasteiger charge is 2.26. The van der Waals surface area contributed by atoms with Crippen molar-refractivity contribution in [2.24, 2.45) is 10.6 Å². The summed E-state index contributed by atoms with van der Waals surface area (Å²) in [4.78, 5) is 5.08. The van der Waals surface area contributed by atoms with Gasteiger partial charge in [-0.25, -0.2) is 0 Å². The highest BCUT2D eigenvalue weighted by atomic mass is 16.6. The second-order valence-electron chi connectivity index (χ2n) is 3.91. The van der Waals surface area contributed by atoms with Gasteiger partial charge in [0, 0.05) is 11.8 Å². The lowest BCUT2D eigenvalue weighted by Gasteiger charge is -2.15. The molecule has 0 radical (unpaired) electrons. The topological polar surface area (TPSA) is 21.6 Å². The first-order valence-electron chi connectivity index (χ1n) is 3.73. The molecular weight excluding hydrogens is 126 g/mol. The molecule has 0 amide bonds. The van der Waals surface area contributed by atoms with Crippen LogP contribution in [0.3, 0.4) is 0 Å². The lowest BCUT2D eigenvalue weighted by Crippen LogP contribution is -2.19. The van der Waals surface area contributed by atoms with Gasteiger partial charge in [-0.15, -0.1) is 0 Å². The normalized spacial score (nSPS) is 26.0. The quantitative estimate of drug-likeness (QED) is 0.506. The van der Waals surface area contributed by atoms with Gasteiger partial charge in [0.05, 0.1) is 5.71 Å². The van der Waals surface area contributed by atoms with Gasteiger partial charge < -0.3 is 4.84 Å². The number of rotatable bonds is 0. The molecule has 0 aliphatic carbocycles. The second kappa shape index (κ2) is 2.26. The van der Waals surface area contributed by atoms with Crippen molar-refractivity contribution in [1.82, 2.24) is 0 Å². The minimum atomic E-state index is 0.185. The molecule has 0 N–H and O–H groups in total. The fourth-order valence-corrected chi connectivity index (χ4v) is 0.944. The maximum Gasteiger partial charge on any atom is 0.130 e. The van der Waals surface area contributed by atoms with Crippen molar-refractivity contribution in [2.75, 3.05) is 0 Å². The van der Waals surface area contributed by atoms with Crippen LogP contribution in [0.2, 0.25) is 0 Å². The van der Waals surface area contributed by atoms with Crippen LogP contribution in [-0.2, 0) is 4.84 Å². The summed E-state index contributed by atoms with van der Waals surface area (Å²) >= 11 is 0. The van der Waals surface area contributed by atoms with Crippen molar-refractivity contribution in [3.05, 3.63) is 0 Å². The average molecular weight is 141 g/mol. The van der Waals surface area contributed by atoms with E-state index in [0.29, 0.717) is 0 Å². The fraction of sp³-hybridized carbons (Fsp3) is 0.875. The summed E-state index contributed by atoms with van der Waals surface area (Å²) in [7, 11) is 0. The summed E-state index contributed by atoms with van der Waals surface area (Å²) in [6, 6.07) is 0. The lowest BCUT2D eigenvalue weighted by molar-refractivity contribution is 0.0994. The third-order valence-electron chi connectivity index (χ3n) is 1.69. The molecule has 1 rings (SSSR count). The second-order valence-corrected chi connectivity index (χ2v) is 3.91. The van der Waals surface area contributed by atoms with Crippen LogP contribution in [0.25, 0.3) is 0 Å². The molecule has 0 bridgehead atoms. The Kier molecular flexibility index (Phi) is 1.71. The highest BCUT2D eigenvalue weighted by Crippen LogP contribution is 2.24. The van der Waals surface area contributed by atoms with E-state index in [-0.39, 0.29) is 11.5 Å². The van der Waals surface area contributed by atoms with E-state index in [9.17, 15) is 0 Å². The molecule has 1 aliphatic rings. The van der Waals surface area contributed by atoms with Gasteiger partial charge in [0.2, 0.25) is 0 Å². The van der Waals surface area contributed by atoms with Crippen molar-refractivity contribution in [3.8, 4) is 0 Å². The summed E-state index contributed by atoms with van der Waals surface area (Å²) in [5.41, 5.74) is 1.37. The third kappa shape index (κ3) is 1.49. The Hall–Kier alpha value is -0.530. The van der Waals surface area contributed by atoms with E-state index in [2.05, 4.69) is 25.9 Å². The Morgan fingerprint density at radius 2 is 2.10 bits per heavy atom. The maximum absolute atomic E-state index is 5.08. The van der Waals surface area contributed by atoms with E-state index in [0.717, 1.165) is 6.42 Å². The molecule has 0 aromatic carbocycles. The highest BCUT2D eigenvalue weighted by molar-refractivity contribution is 5.90. The van der Waals surface area contributed by atoms with Gasteiger partial charge in [-0.3, -0.25) is 0 Å². The molecule has 0 aromatic heterocycles. The average Bonchev–Trinajstić information content (AvgIpc) is 2.11. The molecule has 1 aliphatic heterocycles. The molecular formula is C8H15NO. The molecule has 0 spiro atoms. The van der Waals surface area contributed by atoms with E-state index in [1.165, 1.54) is 5.71 Å². The molecule has 2 nitrogen and oxygen atoms in total. The Morgan fingerprint density at radius 1 is 1.50 bits per heavy atom. The molecule has 0 saturated carbocycles. The largest absolute Gasteiger partial charge is 0.392 e. The van der Waals surface area contributed by atoms with Crippen molar-refractivity contribution in [3.63, 3.8) is 0 Å². The van der Waals surface area contributed by atoms with Crippen LogP contribution in [0, 0.1) is 5.41 Å². The van der Waals surface area contributed by atoms with E-state index in [1.807, 2.05) is 6.92 Å². The molecule has 0 fully saturated rings. The van der Waals surface area contributed by atoms with Crippen molar-refractivity contribution in [2.45, 2.75) is 40.2 Å². The smallest absolute Gasteiger partial charge is 0.130 e. The van der Waals surface area contributed by atoms with Crippen LogP contribution >= 0.6 is 0 Å². The standard InChI is InChI=1S/C8H15NO/c1-6-5-7(9-10-6)8(2,3)4/h6H,5H2,1-4H3/t6-/m1/s1. The number of hydrogen-bond donors (Lipinski definition) is 0. The number of oxime groups is 1. The van der Waals surface area contributed by atoms with E-state index < -0.39 is 0 Å². The van der Waals surface area contributed by atoms with Gasteiger partial charge in [0.1, 0.15) is 6.10 Å². The van der Waals surface area contributed by atoms with Crippen molar-refractivity contribution >= 4 is 5.71 Å². The van der Waals surface area contributed by atoms with Gasteiger partial charge in [0.15, 0.2) is 0 Å². The van der Waals surface area contributed by atoms with E-state index in [1.54, 1.807) is 0 Å². The van der Waals surface area contributed by atoms with Gasteiger partial charge >= 0.3 is 0 Å². The molecule has 0 unspecified atom stereocenters. The molecule has 1 heterocycles. The first-order valence-corrected chi connectivity index (χ1v) is 3.73. The minimum absolute atomic E-state index is 0.185. The summed E-state index contributed by atoms with van der Waals surface area (Å²) in [5.74, 6) is 0. The van der Waals surface area contributed by atoms with Crippen LogP contribution in [0.4, 0.5) is 0 Å². The SMILES string of the molecule is C[C@@H]1CC(C(C)(C)C)=NO1. The Balaban J connectivity index is 2.60. The van der Waals surface area contributed by atoms with Crippen molar-refractivity contribution in [1.29, 1.82) is 0 Å². The summed E-state index contributed by atoms with van der Waals surface area (Å²) in [6.07, 6.45) is 1.28. The predicted molar refractivity (Wildman–Crippen MR) is 42.1 cm³/mol. The van der Waals surface area contributed by atoms with Crippen LogP contribution in [0.15, 0.2) is 5.16 Å². The molecule has 10 heavy (non-hydrogen) atoms. The van der Waals surface area contributed by atoms with Crippen LogP contribution in [-0.4, -0.2) is 11.8 Å². The third-order valence-corrected chi connectivity index (χ3v) is 1.69. The zero-order chi connectivity index (χ0) is 7.78. The summed E-state index contributed by atoms with van der Waals surface area (Å²) in [6.45, 7) is 8.52. The molecule has 0 saturated heterocycles. The maximum atomic E-state index is 5.08. The van der Waals surface area contributed by atoms with Crippen LogP contribution in [0.1, 0.15) is 34.1 Å². The molecule has 0 aromatic rings. The zero-order valence-electron chi connectivity index (χ0n) is 7.14. The van der Waals surface area contributed by atoms with Gasteiger partial charge in [-0.05, 0) is 6.92 Å². The fourth-order valence-electron chi connectivity index (χ4n) is 0.944. The number of hydrogen-bond acceptors (Lipinski definition) is 2. The Labute approximate surface area is 62.3 Å². The lowest BCUT2D eigenvalue weighted by atomic mass is 9.87. The molecule has 1 atom stereocenters. The van der Waals surface area contributed by atoms with E-state index in [4.69, 9.17) is 4.84 Å². The Morgan fingerprint density at radius 3 is 2.30 bits per heavy atom. The number of nitrogens with zero attached hydrogens (tertiary/aromatic N) is 1. The van der Waals surface area contributed by atoms with Gasteiger partial charge in [0.25, 0.3) is 0 Å². The predicted octanol–water partition coefficient (Wildman–Crippen LogP) is 2.20. The first kappa shape index (κ1) is 7.58. The van der Waals surface area contributed by atoms with Gasteiger partial charge in [-0.1, -0.05) is 25.9 Å². The minimum Gasteiger partial charge on any atom is -0.392 e. The molecule has 2 heteroatoms. The monoisotopic (exact) mass is 141 g/mol. The summed E-state index contributed by atoms with van der Waals surface area (Å²) < 4.78 is 0. The Bertz CT molecular complexity index is 155. The summed E-state index contributed by atoms with van der Waals surface area (Å²) in [5, 5.41) is 4.00. The van der Waals surface area contributed by atoms with E-state index >= 15 is 0 Å². The first-order chi connectivity index (χ1) is 4.50.